The van der Waals surface area contributed by atoms with Gasteiger partial charge in [-0.2, -0.15) is 0 Å². The summed E-state index contributed by atoms with van der Waals surface area (Å²) in [7, 11) is -3.32. The zero-order valence-corrected chi connectivity index (χ0v) is 12.6. The van der Waals surface area contributed by atoms with Crippen LogP contribution >= 0.6 is 0 Å². The number of aromatic nitrogens is 1. The molecule has 0 bridgehead atoms. The maximum atomic E-state index is 11.7. The molecule has 0 aliphatic heterocycles. The van der Waals surface area contributed by atoms with Crippen LogP contribution in [0.2, 0.25) is 0 Å². The first-order valence-electron chi connectivity index (χ1n) is 7.00. The first-order chi connectivity index (χ1) is 9.52. The molecule has 1 saturated carbocycles. The van der Waals surface area contributed by atoms with Crippen molar-refractivity contribution < 1.29 is 13.2 Å². The van der Waals surface area contributed by atoms with Crippen molar-refractivity contribution in [3.63, 3.8) is 0 Å². The van der Waals surface area contributed by atoms with Crippen LogP contribution in [0.1, 0.15) is 25.7 Å². The molecular weight excluding hydrogens is 276 g/mol. The fraction of sp³-hybridized carbons (Fsp3) is 0.643. The molecule has 2 atom stereocenters. The maximum absolute atomic E-state index is 11.7. The molecular formula is C14H22N2O3S. The van der Waals surface area contributed by atoms with Crippen molar-refractivity contribution in [2.24, 2.45) is 17.6 Å². The van der Waals surface area contributed by atoms with Gasteiger partial charge in [-0.05, 0) is 43.4 Å². The molecule has 1 aromatic heterocycles. The monoisotopic (exact) mass is 298 g/mol. The molecule has 2 unspecified atom stereocenters. The summed E-state index contributed by atoms with van der Waals surface area (Å²) in [6.07, 6.45) is 7.34. The van der Waals surface area contributed by atoms with Gasteiger partial charge in [0.15, 0.2) is 9.84 Å². The highest BCUT2D eigenvalue weighted by atomic mass is 32.2. The van der Waals surface area contributed by atoms with Gasteiger partial charge in [0.1, 0.15) is 4.90 Å². The summed E-state index contributed by atoms with van der Waals surface area (Å²) in [5, 5.41) is 0. The summed E-state index contributed by atoms with van der Waals surface area (Å²) in [4.78, 5) is 4.20. The third-order valence-corrected chi connectivity index (χ3v) is 5.05. The van der Waals surface area contributed by atoms with Crippen molar-refractivity contribution in [2.45, 2.75) is 30.6 Å². The fourth-order valence-corrected chi connectivity index (χ4v) is 3.52. The predicted molar refractivity (Wildman–Crippen MR) is 77.3 cm³/mol. The molecule has 0 amide bonds. The molecule has 112 valence electrons. The van der Waals surface area contributed by atoms with Crippen LogP contribution in [0, 0.1) is 11.8 Å². The van der Waals surface area contributed by atoms with E-state index < -0.39 is 9.84 Å². The van der Waals surface area contributed by atoms with Crippen molar-refractivity contribution in [1.82, 2.24) is 4.98 Å². The Bertz CT molecular complexity index is 545. The second kappa shape index (κ2) is 6.54. The number of rotatable bonds is 5. The Hall–Kier alpha value is -1.14. The molecule has 1 heterocycles. The minimum absolute atomic E-state index is 0.153. The highest BCUT2D eigenvalue weighted by Gasteiger charge is 2.25. The van der Waals surface area contributed by atoms with Gasteiger partial charge in [-0.15, -0.1) is 0 Å². The van der Waals surface area contributed by atoms with Gasteiger partial charge in [-0.1, -0.05) is 12.8 Å². The Morgan fingerprint density at radius 2 is 2.05 bits per heavy atom. The Labute approximate surface area is 120 Å². The molecule has 2 rings (SSSR count). The standard InChI is InChI=1S/C14H22N2O3S/c1-20(17,18)13-7-4-8-16-14(13)19-10-12-6-3-2-5-11(12)9-15/h4,7-8,11-12H,2-3,5-6,9-10,15H2,1H3. The number of nitrogens with two attached hydrogens (primary N) is 1. The van der Waals surface area contributed by atoms with Crippen LogP contribution < -0.4 is 10.5 Å². The Morgan fingerprint density at radius 1 is 1.35 bits per heavy atom. The lowest BCUT2D eigenvalue weighted by Crippen LogP contribution is -2.31. The van der Waals surface area contributed by atoms with Crippen LogP contribution in [-0.4, -0.2) is 32.8 Å². The lowest BCUT2D eigenvalue weighted by molar-refractivity contribution is 0.147. The van der Waals surface area contributed by atoms with Gasteiger partial charge in [0.2, 0.25) is 5.88 Å². The number of ether oxygens (including phenoxy) is 1. The molecule has 0 saturated heterocycles. The molecule has 1 fully saturated rings. The zero-order chi connectivity index (χ0) is 14.6. The van der Waals surface area contributed by atoms with E-state index in [4.69, 9.17) is 10.5 Å². The average Bonchev–Trinajstić information content (AvgIpc) is 2.44. The van der Waals surface area contributed by atoms with E-state index in [1.807, 2.05) is 0 Å². The first kappa shape index (κ1) is 15.3. The van der Waals surface area contributed by atoms with E-state index in [2.05, 4.69) is 4.98 Å². The van der Waals surface area contributed by atoms with Gasteiger partial charge in [0.25, 0.3) is 0 Å². The van der Waals surface area contributed by atoms with Crippen molar-refractivity contribution in [3.05, 3.63) is 18.3 Å². The quantitative estimate of drug-likeness (QED) is 0.893. The van der Waals surface area contributed by atoms with Gasteiger partial charge in [-0.25, -0.2) is 13.4 Å². The van der Waals surface area contributed by atoms with Crippen molar-refractivity contribution in [2.75, 3.05) is 19.4 Å². The minimum atomic E-state index is -3.32. The first-order valence-corrected chi connectivity index (χ1v) is 8.89. The van der Waals surface area contributed by atoms with Crippen molar-refractivity contribution in [1.29, 1.82) is 0 Å². The van der Waals surface area contributed by atoms with Crippen LogP contribution in [0.25, 0.3) is 0 Å². The molecule has 5 nitrogen and oxygen atoms in total. The predicted octanol–water partition coefficient (Wildman–Crippen LogP) is 1.63. The second-order valence-corrected chi connectivity index (χ2v) is 7.41. The van der Waals surface area contributed by atoms with E-state index >= 15 is 0 Å². The number of pyridine rings is 1. The van der Waals surface area contributed by atoms with Crippen LogP contribution in [0.15, 0.2) is 23.2 Å². The fourth-order valence-electron chi connectivity index (χ4n) is 2.77. The van der Waals surface area contributed by atoms with E-state index in [1.54, 1.807) is 12.3 Å². The zero-order valence-electron chi connectivity index (χ0n) is 11.8. The molecule has 20 heavy (non-hydrogen) atoms. The summed E-state index contributed by atoms with van der Waals surface area (Å²) in [5.41, 5.74) is 5.79. The molecule has 1 aliphatic rings. The van der Waals surface area contributed by atoms with Gasteiger partial charge >= 0.3 is 0 Å². The normalized spacial score (nSPS) is 23.5. The average molecular weight is 298 g/mol. The smallest absolute Gasteiger partial charge is 0.232 e. The molecule has 0 aromatic carbocycles. The molecule has 0 spiro atoms. The van der Waals surface area contributed by atoms with Gasteiger partial charge in [-0.3, -0.25) is 0 Å². The summed E-state index contributed by atoms with van der Waals surface area (Å²) < 4.78 is 29.1. The van der Waals surface area contributed by atoms with Crippen LogP contribution in [0.4, 0.5) is 0 Å². The van der Waals surface area contributed by atoms with Crippen molar-refractivity contribution >= 4 is 9.84 Å². The second-order valence-electron chi connectivity index (χ2n) is 5.43. The minimum Gasteiger partial charge on any atom is -0.476 e. The third kappa shape index (κ3) is 3.70. The Kier molecular flexibility index (Phi) is 4.99. The highest BCUT2D eigenvalue weighted by Crippen LogP contribution is 2.30. The molecule has 1 aromatic rings. The summed E-state index contributed by atoms with van der Waals surface area (Å²) in [6.45, 7) is 1.15. The molecule has 6 heteroatoms. The lowest BCUT2D eigenvalue weighted by atomic mass is 9.80. The molecule has 1 aliphatic carbocycles. The van der Waals surface area contributed by atoms with Crippen LogP contribution in [0.5, 0.6) is 5.88 Å². The topological polar surface area (TPSA) is 82.3 Å². The Morgan fingerprint density at radius 3 is 2.70 bits per heavy atom. The van der Waals surface area contributed by atoms with Crippen LogP contribution in [-0.2, 0) is 9.84 Å². The van der Waals surface area contributed by atoms with Gasteiger partial charge in [0.05, 0.1) is 6.61 Å². The van der Waals surface area contributed by atoms with Gasteiger partial charge < -0.3 is 10.5 Å². The largest absolute Gasteiger partial charge is 0.476 e. The number of sulfone groups is 1. The molecule has 2 N–H and O–H groups in total. The van der Waals surface area contributed by atoms with E-state index in [0.717, 1.165) is 12.8 Å². The SMILES string of the molecule is CS(=O)(=O)c1cccnc1OCC1CCCCC1CN. The van der Waals surface area contributed by atoms with E-state index in [9.17, 15) is 8.42 Å². The number of hydrogen-bond acceptors (Lipinski definition) is 5. The highest BCUT2D eigenvalue weighted by molar-refractivity contribution is 7.90. The third-order valence-electron chi connectivity index (χ3n) is 3.94. The summed E-state index contributed by atoms with van der Waals surface area (Å²) in [6, 6.07) is 3.13. The van der Waals surface area contributed by atoms with Crippen molar-refractivity contribution in [3.8, 4) is 5.88 Å². The van der Waals surface area contributed by atoms with Crippen LogP contribution in [0.3, 0.4) is 0 Å². The maximum Gasteiger partial charge on any atom is 0.232 e. The van der Waals surface area contributed by atoms with E-state index in [-0.39, 0.29) is 10.8 Å². The van der Waals surface area contributed by atoms with Gasteiger partial charge in [0, 0.05) is 12.5 Å². The lowest BCUT2D eigenvalue weighted by Gasteiger charge is -2.30. The summed E-state index contributed by atoms with van der Waals surface area (Å²) in [5.74, 6) is 1.06. The Balaban J connectivity index is 2.07. The number of nitrogens with zero attached hydrogens (tertiary/aromatic N) is 1. The summed E-state index contributed by atoms with van der Waals surface area (Å²) >= 11 is 0. The van der Waals surface area contributed by atoms with E-state index in [0.29, 0.717) is 25.0 Å². The number of hydrogen-bond donors (Lipinski definition) is 1. The van der Waals surface area contributed by atoms with E-state index in [1.165, 1.54) is 25.2 Å². The molecule has 0 radical (unpaired) electrons.